The molecule has 0 aromatic carbocycles. The van der Waals surface area contributed by atoms with Gasteiger partial charge in [0.15, 0.2) is 6.10 Å². The molecule has 0 rings (SSSR count). The number of ether oxygens (including phenoxy) is 4. The van der Waals surface area contributed by atoms with Crippen LogP contribution >= 0.6 is 0 Å². The van der Waals surface area contributed by atoms with Gasteiger partial charge in [-0.3, -0.25) is 9.59 Å². The summed E-state index contributed by atoms with van der Waals surface area (Å²) in [5, 5.41) is 9.73. The standard InChI is InChI=1S/C74H127NO8/c1-6-8-10-12-14-16-18-20-22-24-26-28-30-32-33-34-35-36-37-38-39-41-42-44-46-48-50-52-54-56-58-60-62-64-71(76)81-68-70(69-82-74(73(78)79)80-67-66-75(3,4)5)83-72(77)65-63-61-59-57-55-53-51-49-47-45-43-40-31-29-27-25-23-21-19-17-15-13-11-9-7-2/h9,11,15,17-18,20-21,23-24,26-27,29,40,43,47,49,53,55,70,74H,6-8,10,12-14,16,19,22,25,28,30-39,41-42,44-46,48,50-52,54,56-69H2,1-5H3/p+1/b11-9-,17-15-,20-18-,23-21-,26-24-,29-27-,43-40-,49-47-,55-53-. The maximum atomic E-state index is 12.9. The molecule has 0 saturated heterocycles. The van der Waals surface area contributed by atoms with Crippen LogP contribution in [0.2, 0.25) is 0 Å². The van der Waals surface area contributed by atoms with Gasteiger partial charge in [-0.2, -0.15) is 0 Å². The molecule has 0 spiro atoms. The van der Waals surface area contributed by atoms with Gasteiger partial charge in [0, 0.05) is 12.8 Å². The first-order valence-electron chi connectivity index (χ1n) is 34.1. The normalized spacial score (nSPS) is 13.4. The topological polar surface area (TPSA) is 108 Å². The van der Waals surface area contributed by atoms with E-state index in [2.05, 4.69) is 123 Å². The number of esters is 2. The van der Waals surface area contributed by atoms with Crippen molar-refractivity contribution in [2.75, 3.05) is 47.5 Å². The Morgan fingerprint density at radius 1 is 0.373 bits per heavy atom. The van der Waals surface area contributed by atoms with E-state index >= 15 is 0 Å². The summed E-state index contributed by atoms with van der Waals surface area (Å²) in [6.07, 6.45) is 86.3. The number of unbranched alkanes of at least 4 members (excludes halogenated alkanes) is 29. The molecule has 9 heteroatoms. The van der Waals surface area contributed by atoms with Crippen molar-refractivity contribution < 1.29 is 42.9 Å². The van der Waals surface area contributed by atoms with Crippen LogP contribution in [0.25, 0.3) is 0 Å². The average molecular weight is 1160 g/mol. The zero-order chi connectivity index (χ0) is 60.5. The van der Waals surface area contributed by atoms with Gasteiger partial charge in [-0.15, -0.1) is 0 Å². The zero-order valence-corrected chi connectivity index (χ0v) is 54.3. The second-order valence-corrected chi connectivity index (χ2v) is 23.7. The van der Waals surface area contributed by atoms with E-state index in [1.807, 2.05) is 21.1 Å². The number of aliphatic carboxylic acids is 1. The summed E-state index contributed by atoms with van der Waals surface area (Å²) in [5.74, 6) is -2.05. The van der Waals surface area contributed by atoms with E-state index in [1.54, 1.807) is 0 Å². The Kier molecular flexibility index (Phi) is 60.8. The molecule has 0 amide bonds. The van der Waals surface area contributed by atoms with Crippen LogP contribution in [0.3, 0.4) is 0 Å². The van der Waals surface area contributed by atoms with E-state index in [0.717, 1.165) is 89.9 Å². The maximum Gasteiger partial charge on any atom is 0.361 e. The average Bonchev–Trinajstić information content (AvgIpc) is 3.46. The first-order chi connectivity index (χ1) is 40.6. The van der Waals surface area contributed by atoms with Gasteiger partial charge in [-0.25, -0.2) is 4.79 Å². The summed E-state index contributed by atoms with van der Waals surface area (Å²) in [4.78, 5) is 37.6. The molecule has 0 saturated carbocycles. The largest absolute Gasteiger partial charge is 0.477 e. The summed E-state index contributed by atoms with van der Waals surface area (Å²) in [6.45, 7) is 4.73. The van der Waals surface area contributed by atoms with Crippen LogP contribution < -0.4 is 0 Å². The van der Waals surface area contributed by atoms with Gasteiger partial charge in [0.25, 0.3) is 6.29 Å². The SMILES string of the molecule is CC/C=C\C/C=C\C/C=C\C/C=C\C/C=C\C/C=C\C/C=C\CCCCCC(=O)OC(COC(=O)CCCCCCCCCCCCCCCCCCCCCCC/C=C\C/C=C\CCCCCCC)COC(OCC[N+](C)(C)C)C(=O)O. The molecule has 83 heavy (non-hydrogen) atoms. The molecule has 2 unspecified atom stereocenters. The Balaban J connectivity index is 4.16. The van der Waals surface area contributed by atoms with Gasteiger partial charge < -0.3 is 28.5 Å². The Labute approximate surface area is 511 Å². The number of quaternary nitrogens is 1. The zero-order valence-electron chi connectivity index (χ0n) is 54.3. The van der Waals surface area contributed by atoms with Crippen molar-refractivity contribution in [1.82, 2.24) is 0 Å². The number of rotatable bonds is 62. The summed E-state index contributed by atoms with van der Waals surface area (Å²) in [5.41, 5.74) is 0. The fraction of sp³-hybridized carbons (Fsp3) is 0.716. The molecular formula is C74H128NO8+. The van der Waals surface area contributed by atoms with E-state index in [9.17, 15) is 19.5 Å². The molecule has 0 heterocycles. The number of allylic oxidation sites excluding steroid dienone is 18. The molecule has 0 fully saturated rings. The van der Waals surface area contributed by atoms with Crippen molar-refractivity contribution in [2.45, 2.75) is 296 Å². The second-order valence-electron chi connectivity index (χ2n) is 23.7. The minimum absolute atomic E-state index is 0.176. The summed E-state index contributed by atoms with van der Waals surface area (Å²) >= 11 is 0. The van der Waals surface area contributed by atoms with Gasteiger partial charge >= 0.3 is 17.9 Å². The van der Waals surface area contributed by atoms with Crippen LogP contribution in [0, 0.1) is 0 Å². The minimum atomic E-state index is -1.53. The van der Waals surface area contributed by atoms with Gasteiger partial charge in [-0.1, -0.05) is 277 Å². The van der Waals surface area contributed by atoms with Gasteiger partial charge in [0.2, 0.25) is 0 Å². The van der Waals surface area contributed by atoms with E-state index in [-0.39, 0.29) is 32.2 Å². The Hall–Kier alpha value is -4.05. The first-order valence-corrected chi connectivity index (χ1v) is 34.1. The number of hydrogen-bond donors (Lipinski definition) is 1. The summed E-state index contributed by atoms with van der Waals surface area (Å²) in [7, 11) is 5.96. The highest BCUT2D eigenvalue weighted by Crippen LogP contribution is 2.17. The smallest absolute Gasteiger partial charge is 0.361 e. The van der Waals surface area contributed by atoms with E-state index in [4.69, 9.17) is 18.9 Å². The predicted octanol–water partition coefficient (Wildman–Crippen LogP) is 21.0. The van der Waals surface area contributed by atoms with Gasteiger partial charge in [0.1, 0.15) is 13.2 Å². The molecule has 9 nitrogen and oxygen atoms in total. The molecule has 0 radical (unpaired) electrons. The lowest BCUT2D eigenvalue weighted by molar-refractivity contribution is -0.870. The lowest BCUT2D eigenvalue weighted by Crippen LogP contribution is -2.40. The highest BCUT2D eigenvalue weighted by Gasteiger charge is 2.25. The molecule has 2 atom stereocenters. The molecule has 0 aromatic heterocycles. The first kappa shape index (κ1) is 79.0. The lowest BCUT2D eigenvalue weighted by atomic mass is 10.0. The Morgan fingerprint density at radius 2 is 0.687 bits per heavy atom. The van der Waals surface area contributed by atoms with Crippen LogP contribution in [0.1, 0.15) is 284 Å². The monoisotopic (exact) mass is 1160 g/mol. The number of carboxylic acid groups (broad SMARTS) is 1. The third-order valence-corrected chi connectivity index (χ3v) is 14.5. The molecular weight excluding hydrogens is 1030 g/mol. The fourth-order valence-corrected chi connectivity index (χ4v) is 9.32. The van der Waals surface area contributed by atoms with Crippen molar-refractivity contribution in [3.8, 4) is 0 Å². The van der Waals surface area contributed by atoms with E-state index < -0.39 is 24.3 Å². The molecule has 0 aliphatic carbocycles. The van der Waals surface area contributed by atoms with Crippen LogP contribution in [-0.2, 0) is 33.3 Å². The summed E-state index contributed by atoms with van der Waals surface area (Å²) in [6, 6.07) is 0. The van der Waals surface area contributed by atoms with Crippen LogP contribution in [0.5, 0.6) is 0 Å². The number of carbonyl (C=O) groups excluding carboxylic acids is 2. The Bertz CT molecular complexity index is 1730. The molecule has 0 aliphatic heterocycles. The number of likely N-dealkylation sites (N-methyl/N-ethyl adjacent to an activating group) is 1. The van der Waals surface area contributed by atoms with Gasteiger partial charge in [0.05, 0.1) is 34.4 Å². The molecule has 1 N–H and O–H groups in total. The van der Waals surface area contributed by atoms with Crippen LogP contribution in [0.15, 0.2) is 109 Å². The van der Waals surface area contributed by atoms with Crippen molar-refractivity contribution in [1.29, 1.82) is 0 Å². The molecule has 0 aromatic rings. The van der Waals surface area contributed by atoms with Crippen LogP contribution in [0.4, 0.5) is 0 Å². The van der Waals surface area contributed by atoms with Crippen molar-refractivity contribution in [2.24, 2.45) is 0 Å². The molecule has 0 aliphatic rings. The highest BCUT2D eigenvalue weighted by molar-refractivity contribution is 5.71. The summed E-state index contributed by atoms with van der Waals surface area (Å²) < 4.78 is 22.9. The van der Waals surface area contributed by atoms with Gasteiger partial charge in [-0.05, 0) is 103 Å². The molecule has 476 valence electrons. The number of carboxylic acids is 1. The van der Waals surface area contributed by atoms with Crippen LogP contribution in [-0.4, -0.2) is 87.4 Å². The predicted molar refractivity (Wildman–Crippen MR) is 355 cm³/mol. The third-order valence-electron chi connectivity index (χ3n) is 14.5. The van der Waals surface area contributed by atoms with E-state index in [0.29, 0.717) is 23.9 Å². The van der Waals surface area contributed by atoms with Crippen molar-refractivity contribution in [3.63, 3.8) is 0 Å². The lowest BCUT2D eigenvalue weighted by Gasteiger charge is -2.25. The fourth-order valence-electron chi connectivity index (χ4n) is 9.32. The quantitative estimate of drug-likeness (QED) is 0.0211. The van der Waals surface area contributed by atoms with E-state index in [1.165, 1.54) is 161 Å². The second kappa shape index (κ2) is 64.0. The third kappa shape index (κ3) is 65.3. The maximum absolute atomic E-state index is 12.9. The molecule has 0 bridgehead atoms. The highest BCUT2D eigenvalue weighted by atomic mass is 16.7. The Morgan fingerprint density at radius 3 is 1.04 bits per heavy atom. The van der Waals surface area contributed by atoms with Crippen molar-refractivity contribution in [3.05, 3.63) is 109 Å². The number of carbonyl (C=O) groups is 3. The minimum Gasteiger partial charge on any atom is -0.477 e. The van der Waals surface area contributed by atoms with Crippen molar-refractivity contribution >= 4 is 17.9 Å². The number of nitrogens with zero attached hydrogens (tertiary/aromatic N) is 1. The number of hydrogen-bond acceptors (Lipinski definition) is 7.